The minimum absolute atomic E-state index is 0.100. The Balaban J connectivity index is 2.11. The standard InChI is InChI=1S/C18H25BrN2O4/c1-10(2)9-25-18(24)21-8-13(22)7-16(21)17(23)20-15-6-12(4)11(3)5-14(15)19/h5-6,10,13,16,22H,7-9H2,1-4H3,(H,20,23)/t13-,16-/m0/s1. The lowest BCUT2D eigenvalue weighted by Crippen LogP contribution is -2.43. The van der Waals surface area contributed by atoms with E-state index in [0.29, 0.717) is 5.69 Å². The van der Waals surface area contributed by atoms with Crippen molar-refractivity contribution in [2.24, 2.45) is 5.92 Å². The number of likely N-dealkylation sites (tertiary alicyclic amines) is 1. The molecule has 1 aromatic carbocycles. The van der Waals surface area contributed by atoms with E-state index >= 15 is 0 Å². The van der Waals surface area contributed by atoms with E-state index in [-0.39, 0.29) is 31.4 Å². The van der Waals surface area contributed by atoms with Gasteiger partial charge < -0.3 is 15.2 Å². The molecule has 0 radical (unpaired) electrons. The van der Waals surface area contributed by atoms with Gasteiger partial charge in [0.05, 0.1) is 24.9 Å². The van der Waals surface area contributed by atoms with Crippen molar-refractivity contribution in [1.29, 1.82) is 0 Å². The number of rotatable bonds is 4. The van der Waals surface area contributed by atoms with E-state index in [9.17, 15) is 14.7 Å². The molecule has 1 aromatic rings. The second-order valence-corrected chi connectivity index (χ2v) is 7.79. The molecule has 2 rings (SSSR count). The summed E-state index contributed by atoms with van der Waals surface area (Å²) in [4.78, 5) is 26.2. The summed E-state index contributed by atoms with van der Waals surface area (Å²) >= 11 is 3.45. The highest BCUT2D eigenvalue weighted by atomic mass is 79.9. The summed E-state index contributed by atoms with van der Waals surface area (Å²) in [5.74, 6) is -0.128. The first-order chi connectivity index (χ1) is 11.7. The maximum atomic E-state index is 12.7. The fourth-order valence-electron chi connectivity index (χ4n) is 2.68. The molecule has 1 aliphatic heterocycles. The van der Waals surface area contributed by atoms with Gasteiger partial charge in [0, 0.05) is 10.9 Å². The molecule has 0 saturated carbocycles. The Hall–Kier alpha value is -1.60. The molecular weight excluding hydrogens is 388 g/mol. The molecular formula is C18H25BrN2O4. The first-order valence-electron chi connectivity index (χ1n) is 8.38. The zero-order valence-electron chi connectivity index (χ0n) is 15.0. The topological polar surface area (TPSA) is 78.9 Å². The predicted octanol–water partition coefficient (Wildman–Crippen LogP) is 3.23. The van der Waals surface area contributed by atoms with Crippen molar-refractivity contribution in [2.75, 3.05) is 18.5 Å². The number of hydrogen-bond donors (Lipinski definition) is 2. The van der Waals surface area contributed by atoms with Gasteiger partial charge in [0.2, 0.25) is 5.91 Å². The Kier molecular flexibility index (Phi) is 6.46. The number of halogens is 1. The third-order valence-corrected chi connectivity index (χ3v) is 4.85. The second-order valence-electron chi connectivity index (χ2n) is 6.93. The summed E-state index contributed by atoms with van der Waals surface area (Å²) in [5.41, 5.74) is 2.81. The van der Waals surface area contributed by atoms with Gasteiger partial charge in [-0.3, -0.25) is 9.69 Å². The number of nitrogens with one attached hydrogen (secondary N) is 1. The number of benzene rings is 1. The largest absolute Gasteiger partial charge is 0.449 e. The summed E-state index contributed by atoms with van der Waals surface area (Å²) < 4.78 is 5.99. The van der Waals surface area contributed by atoms with E-state index in [0.717, 1.165) is 15.6 Å². The van der Waals surface area contributed by atoms with E-state index < -0.39 is 18.2 Å². The molecule has 2 atom stereocenters. The highest BCUT2D eigenvalue weighted by molar-refractivity contribution is 9.10. The molecule has 25 heavy (non-hydrogen) atoms. The summed E-state index contributed by atoms with van der Waals surface area (Å²) in [6.07, 6.45) is -1.10. The fourth-order valence-corrected chi connectivity index (χ4v) is 3.23. The monoisotopic (exact) mass is 412 g/mol. The van der Waals surface area contributed by atoms with Crippen molar-refractivity contribution in [3.63, 3.8) is 0 Å². The van der Waals surface area contributed by atoms with Crippen LogP contribution in [0.5, 0.6) is 0 Å². The zero-order valence-corrected chi connectivity index (χ0v) is 16.6. The van der Waals surface area contributed by atoms with Gasteiger partial charge in [-0.15, -0.1) is 0 Å². The summed E-state index contributed by atoms with van der Waals surface area (Å²) in [5, 5.41) is 12.8. The number of aliphatic hydroxyl groups excluding tert-OH is 1. The average molecular weight is 413 g/mol. The van der Waals surface area contributed by atoms with Crippen LogP contribution in [0.1, 0.15) is 31.4 Å². The molecule has 6 nitrogen and oxygen atoms in total. The number of hydrogen-bond acceptors (Lipinski definition) is 4. The van der Waals surface area contributed by atoms with Crippen LogP contribution in [-0.4, -0.2) is 47.3 Å². The molecule has 138 valence electrons. The Bertz CT molecular complexity index is 663. The highest BCUT2D eigenvalue weighted by Crippen LogP contribution is 2.28. The SMILES string of the molecule is Cc1cc(Br)c(NC(=O)[C@@H]2C[C@H](O)CN2C(=O)OCC(C)C)cc1C. The van der Waals surface area contributed by atoms with Crippen LogP contribution in [0, 0.1) is 19.8 Å². The first-order valence-corrected chi connectivity index (χ1v) is 9.17. The quantitative estimate of drug-likeness (QED) is 0.795. The number of carbonyl (C=O) groups excluding carboxylic acids is 2. The highest BCUT2D eigenvalue weighted by Gasteiger charge is 2.40. The van der Waals surface area contributed by atoms with Gasteiger partial charge >= 0.3 is 6.09 Å². The van der Waals surface area contributed by atoms with Crippen molar-refractivity contribution < 1.29 is 19.4 Å². The third kappa shape index (κ3) is 4.95. The van der Waals surface area contributed by atoms with Crippen molar-refractivity contribution in [2.45, 2.75) is 46.3 Å². The molecule has 2 N–H and O–H groups in total. The van der Waals surface area contributed by atoms with Crippen LogP contribution in [0.25, 0.3) is 0 Å². The van der Waals surface area contributed by atoms with Crippen LogP contribution in [-0.2, 0) is 9.53 Å². The smallest absolute Gasteiger partial charge is 0.410 e. The number of anilines is 1. The number of carbonyl (C=O) groups is 2. The molecule has 1 saturated heterocycles. The Morgan fingerprint density at radius 3 is 2.64 bits per heavy atom. The lowest BCUT2D eigenvalue weighted by atomic mass is 10.1. The second kappa shape index (κ2) is 8.19. The Morgan fingerprint density at radius 2 is 2.00 bits per heavy atom. The lowest BCUT2D eigenvalue weighted by molar-refractivity contribution is -0.120. The summed E-state index contributed by atoms with van der Waals surface area (Å²) in [6, 6.07) is 3.07. The molecule has 0 aliphatic carbocycles. The number of β-amino-alcohol motifs (C(OH)–C–C–N with tert-alkyl or cyclic N) is 1. The molecule has 1 fully saturated rings. The number of aliphatic hydroxyl groups is 1. The molecule has 1 heterocycles. The van der Waals surface area contributed by atoms with Crippen LogP contribution >= 0.6 is 15.9 Å². The Labute approximate surface area is 156 Å². The van der Waals surface area contributed by atoms with Crippen LogP contribution in [0.2, 0.25) is 0 Å². The van der Waals surface area contributed by atoms with E-state index in [1.807, 2.05) is 39.8 Å². The van der Waals surface area contributed by atoms with Crippen molar-refractivity contribution in [3.8, 4) is 0 Å². The third-order valence-electron chi connectivity index (χ3n) is 4.20. The number of ether oxygens (including phenoxy) is 1. The number of nitrogens with zero attached hydrogens (tertiary/aromatic N) is 1. The lowest BCUT2D eigenvalue weighted by Gasteiger charge is -2.24. The van der Waals surface area contributed by atoms with E-state index in [2.05, 4.69) is 21.2 Å². The Morgan fingerprint density at radius 1 is 1.36 bits per heavy atom. The molecule has 0 spiro atoms. The van der Waals surface area contributed by atoms with E-state index in [4.69, 9.17) is 4.74 Å². The van der Waals surface area contributed by atoms with Gasteiger partial charge in [0.1, 0.15) is 6.04 Å². The van der Waals surface area contributed by atoms with Gasteiger partial charge in [-0.05, 0) is 59.0 Å². The first kappa shape index (κ1) is 19.7. The minimum atomic E-state index is -0.747. The zero-order chi connectivity index (χ0) is 18.7. The van der Waals surface area contributed by atoms with E-state index in [1.54, 1.807) is 0 Å². The normalized spacial score (nSPS) is 20.0. The van der Waals surface area contributed by atoms with Gasteiger partial charge in [0.15, 0.2) is 0 Å². The van der Waals surface area contributed by atoms with E-state index in [1.165, 1.54) is 4.90 Å². The molecule has 7 heteroatoms. The van der Waals surface area contributed by atoms with Crippen molar-refractivity contribution >= 4 is 33.6 Å². The average Bonchev–Trinajstić information content (AvgIpc) is 2.92. The minimum Gasteiger partial charge on any atom is -0.449 e. The van der Waals surface area contributed by atoms with Gasteiger partial charge in [0.25, 0.3) is 0 Å². The van der Waals surface area contributed by atoms with Crippen LogP contribution in [0.4, 0.5) is 10.5 Å². The predicted molar refractivity (Wildman–Crippen MR) is 99.5 cm³/mol. The molecule has 0 aromatic heterocycles. The molecule has 1 aliphatic rings. The van der Waals surface area contributed by atoms with Gasteiger partial charge in [-0.25, -0.2) is 4.79 Å². The van der Waals surface area contributed by atoms with Gasteiger partial charge in [-0.1, -0.05) is 13.8 Å². The van der Waals surface area contributed by atoms with Crippen molar-refractivity contribution in [1.82, 2.24) is 4.90 Å². The van der Waals surface area contributed by atoms with Crippen LogP contribution in [0.15, 0.2) is 16.6 Å². The maximum Gasteiger partial charge on any atom is 0.410 e. The van der Waals surface area contributed by atoms with Crippen LogP contribution < -0.4 is 5.32 Å². The van der Waals surface area contributed by atoms with Crippen LogP contribution in [0.3, 0.4) is 0 Å². The van der Waals surface area contributed by atoms with Crippen molar-refractivity contribution in [3.05, 3.63) is 27.7 Å². The number of aryl methyl sites for hydroxylation is 2. The fraction of sp³-hybridized carbons (Fsp3) is 0.556. The molecule has 0 bridgehead atoms. The molecule has 0 unspecified atom stereocenters. The number of amides is 2. The summed E-state index contributed by atoms with van der Waals surface area (Å²) in [7, 11) is 0. The molecule has 2 amide bonds. The van der Waals surface area contributed by atoms with Gasteiger partial charge in [-0.2, -0.15) is 0 Å². The maximum absolute atomic E-state index is 12.7. The summed E-state index contributed by atoms with van der Waals surface area (Å²) in [6.45, 7) is 8.21.